The quantitative estimate of drug-likeness (QED) is 0.0981. The van der Waals surface area contributed by atoms with Gasteiger partial charge in [0.15, 0.2) is 0 Å². The van der Waals surface area contributed by atoms with Crippen LogP contribution in [0.25, 0.3) is 22.1 Å². The highest BCUT2D eigenvalue weighted by atomic mass is 16.5. The minimum Gasteiger partial charge on any atom is -0.426 e. The van der Waals surface area contributed by atoms with Crippen LogP contribution in [0.15, 0.2) is 146 Å². The average Bonchev–Trinajstić information content (AvgIpc) is 3.32. The van der Waals surface area contributed by atoms with Gasteiger partial charge in [-0.25, -0.2) is 9.97 Å². The maximum absolute atomic E-state index is 13.5. The van der Waals surface area contributed by atoms with E-state index in [0.29, 0.717) is 11.5 Å². The predicted molar refractivity (Wildman–Crippen MR) is 244 cm³/mol. The first kappa shape index (κ1) is 34.8. The maximum Gasteiger partial charge on any atom is 0.308 e. The van der Waals surface area contributed by atoms with Crippen molar-refractivity contribution in [3.63, 3.8) is 0 Å². The molecule has 0 N–H and O–H groups in total. The Morgan fingerprint density at radius 1 is 0.328 bits per heavy atom. The Balaban J connectivity index is 1.00. The van der Waals surface area contributed by atoms with Crippen LogP contribution in [0.1, 0.15) is 149 Å². The molecule has 9 aliphatic rings. The molecule has 9 aliphatic carbocycles. The zero-order valence-corrected chi connectivity index (χ0v) is 34.8. The van der Waals surface area contributed by atoms with Crippen molar-refractivity contribution < 1.29 is 19.1 Å². The van der Waals surface area contributed by atoms with Crippen molar-refractivity contribution in [2.24, 2.45) is 0 Å². The van der Waals surface area contributed by atoms with E-state index < -0.39 is 0 Å². The van der Waals surface area contributed by atoms with Gasteiger partial charge < -0.3 is 9.47 Å². The summed E-state index contributed by atoms with van der Waals surface area (Å²) in [4.78, 5) is 37.9. The smallest absolute Gasteiger partial charge is 0.308 e. The maximum atomic E-state index is 13.5. The predicted octanol–water partition coefficient (Wildman–Crippen LogP) is 11.6. The Kier molecular flexibility index (Phi) is 6.56. The van der Waals surface area contributed by atoms with Gasteiger partial charge in [-0.2, -0.15) is 0 Å². The summed E-state index contributed by atoms with van der Waals surface area (Å²) in [6.07, 6.45) is 0. The van der Waals surface area contributed by atoms with Gasteiger partial charge >= 0.3 is 11.9 Å². The highest BCUT2D eigenvalue weighted by Gasteiger charge is 2.53. The van der Waals surface area contributed by atoms with Gasteiger partial charge in [0.05, 0.1) is 22.1 Å². The summed E-state index contributed by atoms with van der Waals surface area (Å²) < 4.78 is 13.2. The van der Waals surface area contributed by atoms with E-state index in [9.17, 15) is 9.59 Å². The minimum absolute atomic E-state index is 0.132. The summed E-state index contributed by atoms with van der Waals surface area (Å²) in [5.41, 5.74) is 24.2. The summed E-state index contributed by atoms with van der Waals surface area (Å²) in [6, 6.07) is 52.5. The Bertz CT molecular complexity index is 3370. The Morgan fingerprint density at radius 3 is 0.766 bits per heavy atom. The highest BCUT2D eigenvalue weighted by molar-refractivity contribution is 5.92. The van der Waals surface area contributed by atoms with E-state index in [4.69, 9.17) is 19.4 Å². The Morgan fingerprint density at radius 2 is 0.531 bits per heavy atom. The van der Waals surface area contributed by atoms with Crippen LogP contribution < -0.4 is 9.47 Å². The summed E-state index contributed by atoms with van der Waals surface area (Å²) in [7, 11) is 0. The van der Waals surface area contributed by atoms with E-state index in [-0.39, 0.29) is 47.4 Å². The molecule has 64 heavy (non-hydrogen) atoms. The van der Waals surface area contributed by atoms with Crippen LogP contribution >= 0.6 is 0 Å². The molecule has 1 heterocycles. The molecule has 18 rings (SSSR count). The van der Waals surface area contributed by atoms with Gasteiger partial charge in [0.2, 0.25) is 0 Å². The molecule has 8 aromatic carbocycles. The van der Waals surface area contributed by atoms with Crippen LogP contribution in [0, 0.1) is 0 Å². The molecule has 9 aromatic rings. The molecule has 302 valence electrons. The number of carbonyl (C=O) groups is 2. The third-order valence-electron chi connectivity index (χ3n) is 15.4. The molecule has 0 amide bonds. The average molecular weight is 825 g/mol. The van der Waals surface area contributed by atoms with Gasteiger partial charge in [-0.05, 0) is 102 Å². The number of nitrogens with zero attached hydrogens (tertiary/aromatic N) is 2. The van der Waals surface area contributed by atoms with Gasteiger partial charge in [-0.15, -0.1) is 0 Å². The number of hydrogen-bond acceptors (Lipinski definition) is 6. The van der Waals surface area contributed by atoms with Crippen molar-refractivity contribution in [1.82, 2.24) is 9.97 Å². The standard InChI is InChI=1S/C58H36N2O4/c1-27(61)63-57-53-49-33-17-7-9-19-35(33)50(36-20-10-8-18-34(36)49)54(53)58(64-28(2)62)56-52-38-22-12-11-21-37(38)51(55(56)57)41-25-45-46(26-42(41)52)60-44-24-40-39(23-43(44)59-45)47-29-13-3-5-15-31(29)48(40)32-16-6-4-14-30(32)47/h3-26,47-52H,1-2H3/t47?,48?,49?,50?,51-,52+. The Hall–Kier alpha value is -7.70. The number of esters is 2. The number of ether oxygens (including phenoxy) is 2. The fraction of sp³-hybridized carbons (Fsp3) is 0.138. The fourth-order valence-corrected chi connectivity index (χ4v) is 13.4. The van der Waals surface area contributed by atoms with Gasteiger partial charge in [-0.1, -0.05) is 121 Å². The Labute approximate surface area is 368 Å². The second-order valence-electron chi connectivity index (χ2n) is 18.4. The summed E-state index contributed by atoms with van der Waals surface area (Å²) in [6.45, 7) is 2.97. The third kappa shape index (κ3) is 4.22. The highest BCUT2D eigenvalue weighted by Crippen LogP contribution is 2.68. The lowest BCUT2D eigenvalue weighted by molar-refractivity contribution is -0.133. The molecule has 0 radical (unpaired) electrons. The van der Waals surface area contributed by atoms with Gasteiger partial charge in [0.25, 0.3) is 0 Å². The van der Waals surface area contributed by atoms with E-state index in [0.717, 1.165) is 66.6 Å². The molecule has 2 atom stereocenters. The van der Waals surface area contributed by atoms with Crippen molar-refractivity contribution in [2.75, 3.05) is 0 Å². The van der Waals surface area contributed by atoms with Crippen LogP contribution in [0.5, 0.6) is 11.5 Å². The van der Waals surface area contributed by atoms with Crippen molar-refractivity contribution in [1.29, 1.82) is 0 Å². The molecule has 6 nitrogen and oxygen atoms in total. The topological polar surface area (TPSA) is 78.4 Å². The number of aromatic nitrogens is 2. The minimum atomic E-state index is -0.388. The summed E-state index contributed by atoms with van der Waals surface area (Å²) >= 11 is 0. The summed E-state index contributed by atoms with van der Waals surface area (Å²) in [5, 5.41) is 0. The first-order chi connectivity index (χ1) is 31.4. The van der Waals surface area contributed by atoms with Crippen LogP contribution in [-0.4, -0.2) is 21.9 Å². The number of fused-ring (bicyclic) bond motifs is 2. The van der Waals surface area contributed by atoms with E-state index in [1.807, 2.05) is 0 Å². The molecular weight excluding hydrogens is 789 g/mol. The lowest BCUT2D eigenvalue weighted by Gasteiger charge is -2.48. The van der Waals surface area contributed by atoms with Crippen molar-refractivity contribution in [3.8, 4) is 11.5 Å². The van der Waals surface area contributed by atoms with Crippen molar-refractivity contribution >= 4 is 34.0 Å². The molecule has 6 bridgehead atoms. The molecular formula is C58H36N2O4. The van der Waals surface area contributed by atoms with Crippen LogP contribution in [-0.2, 0) is 9.59 Å². The zero-order valence-electron chi connectivity index (χ0n) is 34.8. The second kappa shape index (κ2) is 12.1. The molecule has 1 aromatic heterocycles. The number of hydrogen-bond donors (Lipinski definition) is 0. The fourth-order valence-electron chi connectivity index (χ4n) is 13.4. The van der Waals surface area contributed by atoms with E-state index in [1.165, 1.54) is 69.5 Å². The summed E-state index contributed by atoms with van der Waals surface area (Å²) in [5.74, 6) is -0.484. The monoisotopic (exact) mass is 824 g/mol. The zero-order chi connectivity index (χ0) is 42.3. The largest absolute Gasteiger partial charge is 0.426 e. The van der Waals surface area contributed by atoms with E-state index in [2.05, 4.69) is 146 Å². The number of carbonyl (C=O) groups excluding carboxylic acids is 2. The number of benzene rings is 8. The van der Waals surface area contributed by atoms with Crippen LogP contribution in [0.4, 0.5) is 0 Å². The van der Waals surface area contributed by atoms with Crippen LogP contribution in [0.2, 0.25) is 0 Å². The SMILES string of the molecule is CC(=O)Oc1c2c(c(OC(C)=O)c3c1[C@@H]1c4ccccc4[C@H]3c3cc4nc5cc6c(cc5nc4cc31)C1c3ccccc3C6c3ccccc31)C1c3ccccc3C2c2ccccc21. The molecule has 0 spiro atoms. The molecule has 0 fully saturated rings. The molecule has 0 saturated carbocycles. The van der Waals surface area contributed by atoms with E-state index in [1.54, 1.807) is 0 Å². The van der Waals surface area contributed by atoms with Gasteiger partial charge in [-0.3, -0.25) is 9.59 Å². The lowest BCUT2D eigenvalue weighted by atomic mass is 9.55. The molecule has 0 saturated heterocycles. The number of rotatable bonds is 2. The third-order valence-corrected chi connectivity index (χ3v) is 15.4. The second-order valence-corrected chi connectivity index (χ2v) is 18.4. The first-order valence-electron chi connectivity index (χ1n) is 22.3. The van der Waals surface area contributed by atoms with Crippen molar-refractivity contribution in [3.05, 3.63) is 246 Å². The molecule has 0 unspecified atom stereocenters. The van der Waals surface area contributed by atoms with Crippen molar-refractivity contribution in [2.45, 2.75) is 49.4 Å². The van der Waals surface area contributed by atoms with Crippen LogP contribution in [0.3, 0.4) is 0 Å². The van der Waals surface area contributed by atoms with Gasteiger partial charge in [0, 0.05) is 71.6 Å². The van der Waals surface area contributed by atoms with Gasteiger partial charge in [0.1, 0.15) is 11.5 Å². The normalized spacial score (nSPS) is 21.1. The first-order valence-corrected chi connectivity index (χ1v) is 22.3. The molecule has 6 heteroatoms. The molecule has 0 aliphatic heterocycles. The van der Waals surface area contributed by atoms with E-state index >= 15 is 0 Å². The lowest BCUT2D eigenvalue weighted by Crippen LogP contribution is -2.34.